The van der Waals surface area contributed by atoms with Gasteiger partial charge in [0.2, 0.25) is 0 Å². The van der Waals surface area contributed by atoms with Gasteiger partial charge in [0.15, 0.2) is 0 Å². The van der Waals surface area contributed by atoms with Gasteiger partial charge in [-0.3, -0.25) is 0 Å². The van der Waals surface area contributed by atoms with Gasteiger partial charge < -0.3 is 16.0 Å². The SMILES string of the molecule is C1=CC(C2CC(C3CCC4CCC5CCCC6CCC3C4C56)CC(C3CCCCN3)N2)NCC1. The largest absolute Gasteiger partial charge is 0.312 e. The van der Waals surface area contributed by atoms with Crippen molar-refractivity contribution in [1.82, 2.24) is 16.0 Å². The molecule has 7 rings (SSSR count). The van der Waals surface area contributed by atoms with Crippen molar-refractivity contribution < 1.29 is 0 Å². The Hall–Kier alpha value is -0.380. The zero-order valence-electron chi connectivity index (χ0n) is 21.6. The summed E-state index contributed by atoms with van der Waals surface area (Å²) in [7, 11) is 0. The van der Waals surface area contributed by atoms with Gasteiger partial charge in [-0.1, -0.05) is 37.8 Å². The van der Waals surface area contributed by atoms with Crippen molar-refractivity contribution in [3.05, 3.63) is 12.2 Å². The van der Waals surface area contributed by atoms with E-state index in [0.717, 1.165) is 53.9 Å². The molecular weight excluding hydrogens is 414 g/mol. The standard InChI is InChI=1S/C31H51N3/c1-3-16-32-26(8-1)28-18-23(19-29(34-28)27-9-2-4-17-33-27)24-14-12-22-11-10-20-6-5-7-21-13-15-25(24)31(22)30(20)21/h1,8,20-34H,2-7,9-19H2. The van der Waals surface area contributed by atoms with Gasteiger partial charge >= 0.3 is 0 Å². The molecule has 190 valence electrons. The first-order chi connectivity index (χ1) is 16.8. The monoisotopic (exact) mass is 465 g/mol. The maximum Gasteiger partial charge on any atom is 0.0405 e. The predicted molar refractivity (Wildman–Crippen MR) is 141 cm³/mol. The first-order valence-corrected chi connectivity index (χ1v) is 15.7. The van der Waals surface area contributed by atoms with Crippen molar-refractivity contribution in [3.63, 3.8) is 0 Å². The molecule has 3 heterocycles. The Morgan fingerprint density at radius 1 is 0.529 bits per heavy atom. The highest BCUT2D eigenvalue weighted by molar-refractivity contribution is 5.09. The van der Waals surface area contributed by atoms with Crippen LogP contribution >= 0.6 is 0 Å². The van der Waals surface area contributed by atoms with E-state index in [1.807, 2.05) is 0 Å². The van der Waals surface area contributed by atoms with Crippen molar-refractivity contribution in [1.29, 1.82) is 0 Å². The number of piperidine rings is 2. The summed E-state index contributed by atoms with van der Waals surface area (Å²) in [5, 5.41) is 12.1. The van der Waals surface area contributed by atoms with Crippen molar-refractivity contribution in [2.45, 2.75) is 120 Å². The molecule has 0 bridgehead atoms. The molecule has 4 saturated carbocycles. The smallest absolute Gasteiger partial charge is 0.0405 e. The Bertz CT molecular complexity index is 722. The maximum absolute atomic E-state index is 4.23. The topological polar surface area (TPSA) is 36.1 Å². The molecule has 3 N–H and O–H groups in total. The van der Waals surface area contributed by atoms with E-state index in [1.54, 1.807) is 57.8 Å². The summed E-state index contributed by atoms with van der Waals surface area (Å²) in [6.45, 7) is 2.40. The normalized spacial score (nSPS) is 53.2. The van der Waals surface area contributed by atoms with Gasteiger partial charge in [0, 0.05) is 24.2 Å². The van der Waals surface area contributed by atoms with Gasteiger partial charge in [-0.05, 0) is 131 Å². The van der Waals surface area contributed by atoms with Crippen LogP contribution in [0.5, 0.6) is 0 Å². The molecule has 2 saturated heterocycles. The third-order valence-corrected chi connectivity index (χ3v) is 12.4. The Morgan fingerprint density at radius 2 is 1.29 bits per heavy atom. The summed E-state index contributed by atoms with van der Waals surface area (Å²) >= 11 is 0. The lowest BCUT2D eigenvalue weighted by Gasteiger charge is -2.61. The molecule has 3 nitrogen and oxygen atoms in total. The van der Waals surface area contributed by atoms with Gasteiger partial charge in [0.1, 0.15) is 0 Å². The van der Waals surface area contributed by atoms with Crippen LogP contribution in [0.25, 0.3) is 0 Å². The van der Waals surface area contributed by atoms with Crippen LogP contribution in [-0.4, -0.2) is 37.3 Å². The van der Waals surface area contributed by atoms with Crippen LogP contribution in [0.1, 0.15) is 96.3 Å². The van der Waals surface area contributed by atoms with E-state index in [-0.39, 0.29) is 0 Å². The van der Waals surface area contributed by atoms with Crippen LogP contribution in [-0.2, 0) is 0 Å². The second-order valence-electron chi connectivity index (χ2n) is 13.8. The fraction of sp³-hybridized carbons (Fsp3) is 0.935. The lowest BCUT2D eigenvalue weighted by Crippen LogP contribution is -2.62. The average Bonchev–Trinajstić information content (AvgIpc) is 2.92. The van der Waals surface area contributed by atoms with Gasteiger partial charge in [0.05, 0.1) is 0 Å². The van der Waals surface area contributed by atoms with Gasteiger partial charge in [-0.15, -0.1) is 0 Å². The van der Waals surface area contributed by atoms with Crippen molar-refractivity contribution in [3.8, 4) is 0 Å². The molecule has 3 heteroatoms. The van der Waals surface area contributed by atoms with E-state index in [2.05, 4.69) is 28.1 Å². The summed E-state index contributed by atoms with van der Waals surface area (Å²) in [5.41, 5.74) is 0. The van der Waals surface area contributed by atoms with Crippen LogP contribution in [0.4, 0.5) is 0 Å². The third kappa shape index (κ3) is 4.14. The molecular formula is C31H51N3. The molecule has 0 aromatic rings. The first kappa shape index (κ1) is 22.8. The minimum atomic E-state index is 0.548. The maximum atomic E-state index is 4.23. The second-order valence-corrected chi connectivity index (χ2v) is 13.8. The zero-order chi connectivity index (χ0) is 22.5. The molecule has 0 aromatic heterocycles. The minimum Gasteiger partial charge on any atom is -0.312 e. The van der Waals surface area contributed by atoms with Crippen molar-refractivity contribution >= 4 is 0 Å². The van der Waals surface area contributed by atoms with Crippen LogP contribution in [0.15, 0.2) is 12.2 Å². The highest BCUT2D eigenvalue weighted by Crippen LogP contribution is 2.62. The molecule has 6 fully saturated rings. The average molecular weight is 466 g/mol. The molecule has 0 spiro atoms. The zero-order valence-corrected chi connectivity index (χ0v) is 21.6. The van der Waals surface area contributed by atoms with Crippen molar-refractivity contribution in [2.75, 3.05) is 13.1 Å². The Kier molecular flexibility index (Phi) is 6.58. The first-order valence-electron chi connectivity index (χ1n) is 15.7. The Morgan fingerprint density at radius 3 is 2.06 bits per heavy atom. The lowest BCUT2D eigenvalue weighted by atomic mass is 9.45. The molecule has 4 aliphatic carbocycles. The molecule has 12 unspecified atom stereocenters. The van der Waals surface area contributed by atoms with E-state index >= 15 is 0 Å². The van der Waals surface area contributed by atoms with E-state index in [4.69, 9.17) is 0 Å². The number of hydrogen-bond acceptors (Lipinski definition) is 3. The van der Waals surface area contributed by atoms with E-state index in [9.17, 15) is 0 Å². The quantitative estimate of drug-likeness (QED) is 0.471. The Balaban J connectivity index is 1.14. The minimum absolute atomic E-state index is 0.548. The number of rotatable bonds is 3. The molecule has 7 aliphatic rings. The fourth-order valence-corrected chi connectivity index (χ4v) is 11.1. The molecule has 0 aromatic carbocycles. The van der Waals surface area contributed by atoms with Gasteiger partial charge in [-0.2, -0.15) is 0 Å². The third-order valence-electron chi connectivity index (χ3n) is 12.4. The molecule has 0 amide bonds. The van der Waals surface area contributed by atoms with Crippen LogP contribution in [0, 0.1) is 47.3 Å². The van der Waals surface area contributed by atoms with Gasteiger partial charge in [0.25, 0.3) is 0 Å². The number of hydrogen-bond donors (Lipinski definition) is 3. The van der Waals surface area contributed by atoms with E-state index < -0.39 is 0 Å². The summed E-state index contributed by atoms with van der Waals surface area (Å²) < 4.78 is 0. The number of nitrogens with one attached hydrogen (secondary N) is 3. The van der Waals surface area contributed by atoms with Crippen LogP contribution < -0.4 is 16.0 Å². The van der Waals surface area contributed by atoms with Crippen LogP contribution in [0.2, 0.25) is 0 Å². The van der Waals surface area contributed by atoms with Crippen molar-refractivity contribution in [2.24, 2.45) is 47.3 Å². The van der Waals surface area contributed by atoms with Crippen LogP contribution in [0.3, 0.4) is 0 Å². The lowest BCUT2D eigenvalue weighted by molar-refractivity contribution is -0.111. The summed E-state index contributed by atoms with van der Waals surface area (Å²) in [5.74, 6) is 8.60. The second kappa shape index (κ2) is 9.82. The van der Waals surface area contributed by atoms with Gasteiger partial charge in [-0.25, -0.2) is 0 Å². The highest BCUT2D eigenvalue weighted by Gasteiger charge is 2.55. The summed E-state index contributed by atoms with van der Waals surface area (Å²) in [6, 6.07) is 2.57. The molecule has 0 radical (unpaired) electrons. The molecule has 34 heavy (non-hydrogen) atoms. The summed E-state index contributed by atoms with van der Waals surface area (Å²) in [4.78, 5) is 0. The predicted octanol–water partition coefficient (Wildman–Crippen LogP) is 5.66. The summed E-state index contributed by atoms with van der Waals surface area (Å²) in [6.07, 6.45) is 27.4. The van der Waals surface area contributed by atoms with E-state index in [0.29, 0.717) is 24.2 Å². The molecule has 12 atom stereocenters. The highest BCUT2D eigenvalue weighted by atomic mass is 15.1. The fourth-order valence-electron chi connectivity index (χ4n) is 11.1. The Labute approximate surface area is 209 Å². The van der Waals surface area contributed by atoms with E-state index in [1.165, 1.54) is 45.1 Å². The molecule has 3 aliphatic heterocycles.